The van der Waals surface area contributed by atoms with Crippen LogP contribution in [0.25, 0.3) is 21.3 Å². The first-order valence-electron chi connectivity index (χ1n) is 9.25. The minimum Gasteiger partial charge on any atom is -0.339 e. The molecular weight excluding hydrogens is 404 g/mol. The Bertz CT molecular complexity index is 1220. The number of nitrogens with zero attached hydrogens (tertiary/aromatic N) is 4. The molecule has 0 radical (unpaired) electrons. The largest absolute Gasteiger partial charge is 0.339 e. The molecule has 1 aromatic carbocycles. The summed E-state index contributed by atoms with van der Waals surface area (Å²) in [7, 11) is 0. The average Bonchev–Trinajstić information content (AvgIpc) is 3.36. The number of allylic oxidation sites excluding steroid dienone is 1. The quantitative estimate of drug-likeness (QED) is 0.240. The molecule has 0 bridgehead atoms. The third-order valence-corrected chi connectivity index (χ3v) is 6.32. The van der Waals surface area contributed by atoms with Crippen molar-refractivity contribution in [1.29, 1.82) is 0 Å². The second kappa shape index (κ2) is 8.34. The highest BCUT2D eigenvalue weighted by atomic mass is 32.2. The number of hydrogen-bond donors (Lipinski definition) is 0. The van der Waals surface area contributed by atoms with Crippen LogP contribution in [0.5, 0.6) is 0 Å². The molecule has 0 aliphatic rings. The zero-order chi connectivity index (χ0) is 20.4. The highest BCUT2D eigenvalue weighted by Crippen LogP contribution is 2.32. The second-order valence-electron chi connectivity index (χ2n) is 6.54. The van der Waals surface area contributed by atoms with Crippen LogP contribution in [0, 0.1) is 6.92 Å². The fraction of sp³-hybridized carbons (Fsp3) is 0.238. The Morgan fingerprint density at radius 3 is 2.76 bits per heavy atom. The molecule has 0 fully saturated rings. The van der Waals surface area contributed by atoms with E-state index in [2.05, 4.69) is 16.7 Å². The van der Waals surface area contributed by atoms with Crippen molar-refractivity contribution in [3.63, 3.8) is 0 Å². The van der Waals surface area contributed by atoms with E-state index in [1.54, 1.807) is 10.6 Å². The first kappa shape index (κ1) is 19.6. The molecule has 8 heteroatoms. The molecule has 0 atom stereocenters. The van der Waals surface area contributed by atoms with Crippen molar-refractivity contribution in [2.45, 2.75) is 37.7 Å². The first-order valence-corrected chi connectivity index (χ1v) is 11.1. The number of benzene rings is 1. The molecule has 0 saturated heterocycles. The Hall–Kier alpha value is -2.71. The van der Waals surface area contributed by atoms with Crippen molar-refractivity contribution < 1.29 is 4.52 Å². The van der Waals surface area contributed by atoms with Crippen LogP contribution >= 0.6 is 23.1 Å². The second-order valence-corrected chi connectivity index (χ2v) is 8.34. The van der Waals surface area contributed by atoms with Crippen LogP contribution in [0.2, 0.25) is 0 Å². The summed E-state index contributed by atoms with van der Waals surface area (Å²) in [5.74, 6) is 1.68. The Kier molecular flexibility index (Phi) is 5.64. The maximum absolute atomic E-state index is 13.3. The lowest BCUT2D eigenvalue weighted by Crippen LogP contribution is -2.22. The normalized spacial score (nSPS) is 11.2. The van der Waals surface area contributed by atoms with Crippen LogP contribution in [0.4, 0.5) is 0 Å². The van der Waals surface area contributed by atoms with Crippen LogP contribution in [0.15, 0.2) is 56.8 Å². The van der Waals surface area contributed by atoms with Gasteiger partial charge in [0.2, 0.25) is 5.89 Å². The number of thiophene rings is 1. The Balaban J connectivity index is 1.75. The summed E-state index contributed by atoms with van der Waals surface area (Å²) in [4.78, 5) is 23.2. The lowest BCUT2D eigenvalue weighted by atomic mass is 10.1. The molecule has 0 spiro atoms. The van der Waals surface area contributed by atoms with Crippen molar-refractivity contribution in [2.75, 3.05) is 0 Å². The number of rotatable bonds is 7. The monoisotopic (exact) mass is 424 g/mol. The summed E-state index contributed by atoms with van der Waals surface area (Å²) in [6.45, 7) is 8.19. The van der Waals surface area contributed by atoms with Crippen molar-refractivity contribution in [3.05, 3.63) is 69.9 Å². The lowest BCUT2D eigenvalue weighted by molar-refractivity contribution is 0.378. The topological polar surface area (TPSA) is 73.8 Å². The fourth-order valence-corrected chi connectivity index (χ4v) is 4.81. The van der Waals surface area contributed by atoms with Gasteiger partial charge in [0.1, 0.15) is 4.83 Å². The summed E-state index contributed by atoms with van der Waals surface area (Å²) in [6, 6.07) is 8.18. The van der Waals surface area contributed by atoms with Gasteiger partial charge in [0.05, 0.1) is 11.1 Å². The number of aryl methyl sites for hydroxylation is 2. The van der Waals surface area contributed by atoms with Gasteiger partial charge in [-0.25, -0.2) is 4.98 Å². The van der Waals surface area contributed by atoms with Crippen molar-refractivity contribution >= 4 is 33.3 Å². The van der Waals surface area contributed by atoms with E-state index in [9.17, 15) is 4.79 Å². The molecular formula is C21H20N4O2S2. The first-order chi connectivity index (χ1) is 14.1. The van der Waals surface area contributed by atoms with Crippen LogP contribution < -0.4 is 5.56 Å². The van der Waals surface area contributed by atoms with Crippen LogP contribution in [0.1, 0.15) is 24.2 Å². The Morgan fingerprint density at radius 1 is 1.28 bits per heavy atom. The molecule has 6 nitrogen and oxygen atoms in total. The maximum atomic E-state index is 13.3. The number of thioether (sulfide) groups is 1. The van der Waals surface area contributed by atoms with Gasteiger partial charge < -0.3 is 4.52 Å². The molecule has 148 valence electrons. The van der Waals surface area contributed by atoms with Gasteiger partial charge in [-0.2, -0.15) is 4.98 Å². The van der Waals surface area contributed by atoms with E-state index in [0.29, 0.717) is 41.0 Å². The fourth-order valence-electron chi connectivity index (χ4n) is 2.97. The van der Waals surface area contributed by atoms with E-state index in [1.165, 1.54) is 28.7 Å². The van der Waals surface area contributed by atoms with Gasteiger partial charge in [-0.1, -0.05) is 59.7 Å². The molecule has 4 aromatic rings. The summed E-state index contributed by atoms with van der Waals surface area (Å²) in [5.41, 5.74) is 3.06. The van der Waals surface area contributed by atoms with E-state index in [-0.39, 0.29) is 5.56 Å². The van der Waals surface area contributed by atoms with Gasteiger partial charge in [-0.05, 0) is 12.5 Å². The number of hydrogen-bond acceptors (Lipinski definition) is 7. The molecule has 0 amide bonds. The molecule has 29 heavy (non-hydrogen) atoms. The summed E-state index contributed by atoms with van der Waals surface area (Å²) in [6.07, 6.45) is 2.40. The van der Waals surface area contributed by atoms with Crippen molar-refractivity contribution in [3.8, 4) is 11.1 Å². The van der Waals surface area contributed by atoms with Gasteiger partial charge in [0.25, 0.3) is 5.56 Å². The zero-order valence-electron chi connectivity index (χ0n) is 16.2. The number of fused-ring (bicyclic) bond motifs is 1. The highest BCUT2D eigenvalue weighted by Gasteiger charge is 2.17. The van der Waals surface area contributed by atoms with E-state index >= 15 is 0 Å². The predicted molar refractivity (Wildman–Crippen MR) is 117 cm³/mol. The third kappa shape index (κ3) is 3.90. The molecule has 0 aliphatic heterocycles. The van der Waals surface area contributed by atoms with Crippen LogP contribution in [-0.2, 0) is 18.7 Å². The van der Waals surface area contributed by atoms with E-state index in [0.717, 1.165) is 16.0 Å². The predicted octanol–water partition coefficient (Wildman–Crippen LogP) is 4.86. The van der Waals surface area contributed by atoms with Crippen molar-refractivity contribution in [1.82, 2.24) is 19.7 Å². The van der Waals surface area contributed by atoms with Gasteiger partial charge >= 0.3 is 0 Å². The summed E-state index contributed by atoms with van der Waals surface area (Å²) >= 11 is 2.91. The molecule has 0 N–H and O–H groups in total. The highest BCUT2D eigenvalue weighted by molar-refractivity contribution is 7.98. The molecule has 4 rings (SSSR count). The Labute approximate surface area is 176 Å². The van der Waals surface area contributed by atoms with Gasteiger partial charge in [-0.3, -0.25) is 9.36 Å². The molecule has 3 aromatic heterocycles. The van der Waals surface area contributed by atoms with Gasteiger partial charge in [0, 0.05) is 23.9 Å². The van der Waals surface area contributed by atoms with Crippen LogP contribution in [0.3, 0.4) is 0 Å². The third-order valence-electron chi connectivity index (χ3n) is 4.48. The van der Waals surface area contributed by atoms with E-state index in [1.807, 2.05) is 43.5 Å². The standard InChI is InChI=1S/C21H20N4O2S2/c1-4-10-25-20(26)18-15(14-8-6-13(3)7-9-14)11-28-19(18)23-21(25)29-12-16-22-17(5-2)27-24-16/h4,6-9,11H,1,5,10,12H2,2-3H3. The summed E-state index contributed by atoms with van der Waals surface area (Å²) in [5, 5.41) is 7.25. The molecule has 0 saturated carbocycles. The lowest BCUT2D eigenvalue weighted by Gasteiger charge is -2.10. The number of aromatic nitrogens is 4. The Morgan fingerprint density at radius 2 is 2.07 bits per heavy atom. The maximum Gasteiger partial charge on any atom is 0.263 e. The van der Waals surface area contributed by atoms with Crippen LogP contribution in [-0.4, -0.2) is 19.7 Å². The van der Waals surface area contributed by atoms with E-state index < -0.39 is 0 Å². The molecule has 3 heterocycles. The zero-order valence-corrected chi connectivity index (χ0v) is 17.8. The average molecular weight is 425 g/mol. The summed E-state index contributed by atoms with van der Waals surface area (Å²) < 4.78 is 6.82. The van der Waals surface area contributed by atoms with Crippen molar-refractivity contribution in [2.24, 2.45) is 0 Å². The van der Waals surface area contributed by atoms with Gasteiger partial charge in [0.15, 0.2) is 11.0 Å². The SMILES string of the molecule is C=CCn1c(SCc2noc(CC)n2)nc2scc(-c3ccc(C)cc3)c2c1=O. The molecule has 0 aliphatic carbocycles. The smallest absolute Gasteiger partial charge is 0.263 e. The minimum absolute atomic E-state index is 0.0587. The molecule has 0 unspecified atom stereocenters. The van der Waals surface area contributed by atoms with E-state index in [4.69, 9.17) is 9.51 Å². The van der Waals surface area contributed by atoms with Gasteiger partial charge in [-0.15, -0.1) is 17.9 Å². The minimum atomic E-state index is -0.0587.